The standard InChI is InChI=1S/C16H24N4O2/c1-19(11-15-17-6-3-7-18-15)14-5-8-20(10-14)16(21)13-4-2-9-22-12-13/h3,6-7,13-14H,2,4-5,8-12H2,1H3/t13-,14+/m0/s1. The lowest BCUT2D eigenvalue weighted by atomic mass is 10.0. The van der Waals surface area contributed by atoms with Crippen molar-refractivity contribution >= 4 is 5.91 Å². The lowest BCUT2D eigenvalue weighted by molar-refractivity contribution is -0.138. The van der Waals surface area contributed by atoms with Crippen molar-refractivity contribution in [3.63, 3.8) is 0 Å². The molecule has 1 aromatic rings. The van der Waals surface area contributed by atoms with Crippen molar-refractivity contribution < 1.29 is 9.53 Å². The lowest BCUT2D eigenvalue weighted by Crippen LogP contribution is -2.40. The Kier molecular flexibility index (Phi) is 5.00. The molecule has 3 rings (SSSR count). The van der Waals surface area contributed by atoms with Crippen molar-refractivity contribution in [2.24, 2.45) is 5.92 Å². The van der Waals surface area contributed by atoms with Gasteiger partial charge in [-0.15, -0.1) is 0 Å². The SMILES string of the molecule is CN(Cc1ncccn1)[C@@H]1CCN(C(=O)[C@H]2CCCOC2)C1. The van der Waals surface area contributed by atoms with E-state index in [0.717, 1.165) is 51.3 Å². The minimum Gasteiger partial charge on any atom is -0.381 e. The van der Waals surface area contributed by atoms with Crippen LogP contribution in [0.5, 0.6) is 0 Å². The molecule has 2 atom stereocenters. The summed E-state index contributed by atoms with van der Waals surface area (Å²) in [5.41, 5.74) is 0. The van der Waals surface area contributed by atoms with Crippen LogP contribution in [-0.4, -0.2) is 65.1 Å². The Morgan fingerprint density at radius 1 is 1.41 bits per heavy atom. The Labute approximate surface area is 131 Å². The zero-order chi connectivity index (χ0) is 15.4. The summed E-state index contributed by atoms with van der Waals surface area (Å²) in [4.78, 5) is 25.3. The van der Waals surface area contributed by atoms with Gasteiger partial charge in [0.05, 0.1) is 19.1 Å². The molecule has 0 saturated carbocycles. The number of amides is 1. The fraction of sp³-hybridized carbons (Fsp3) is 0.688. The second-order valence-electron chi connectivity index (χ2n) is 6.22. The van der Waals surface area contributed by atoms with Gasteiger partial charge in [0.15, 0.2) is 0 Å². The number of carbonyl (C=O) groups excluding carboxylic acids is 1. The summed E-state index contributed by atoms with van der Waals surface area (Å²) < 4.78 is 5.44. The quantitative estimate of drug-likeness (QED) is 0.828. The molecule has 2 saturated heterocycles. The van der Waals surface area contributed by atoms with Crippen molar-refractivity contribution in [2.75, 3.05) is 33.4 Å². The average molecular weight is 304 g/mol. The predicted molar refractivity (Wildman–Crippen MR) is 82.0 cm³/mol. The molecule has 0 bridgehead atoms. The van der Waals surface area contributed by atoms with Gasteiger partial charge >= 0.3 is 0 Å². The highest BCUT2D eigenvalue weighted by Gasteiger charge is 2.33. The Bertz CT molecular complexity index is 490. The van der Waals surface area contributed by atoms with Gasteiger partial charge in [0.1, 0.15) is 5.82 Å². The zero-order valence-electron chi connectivity index (χ0n) is 13.1. The van der Waals surface area contributed by atoms with Crippen molar-refractivity contribution in [2.45, 2.75) is 31.8 Å². The van der Waals surface area contributed by atoms with E-state index in [1.54, 1.807) is 12.4 Å². The molecule has 22 heavy (non-hydrogen) atoms. The van der Waals surface area contributed by atoms with E-state index in [1.807, 2.05) is 11.0 Å². The zero-order valence-corrected chi connectivity index (χ0v) is 13.1. The molecule has 0 radical (unpaired) electrons. The van der Waals surface area contributed by atoms with Crippen LogP contribution in [0.3, 0.4) is 0 Å². The van der Waals surface area contributed by atoms with E-state index in [1.165, 1.54) is 0 Å². The first-order valence-corrected chi connectivity index (χ1v) is 8.06. The van der Waals surface area contributed by atoms with Crippen LogP contribution < -0.4 is 0 Å². The van der Waals surface area contributed by atoms with Gasteiger partial charge < -0.3 is 9.64 Å². The van der Waals surface area contributed by atoms with Crippen molar-refractivity contribution in [1.29, 1.82) is 0 Å². The van der Waals surface area contributed by atoms with Crippen molar-refractivity contribution in [3.05, 3.63) is 24.3 Å². The first-order chi connectivity index (χ1) is 10.7. The second-order valence-corrected chi connectivity index (χ2v) is 6.22. The second kappa shape index (κ2) is 7.15. The minimum absolute atomic E-state index is 0.0651. The third-order valence-corrected chi connectivity index (χ3v) is 4.62. The summed E-state index contributed by atoms with van der Waals surface area (Å²) in [6.45, 7) is 3.76. The van der Waals surface area contributed by atoms with E-state index in [-0.39, 0.29) is 11.8 Å². The Balaban J connectivity index is 1.52. The maximum Gasteiger partial charge on any atom is 0.228 e. The van der Waals surface area contributed by atoms with Crippen LogP contribution in [0.25, 0.3) is 0 Å². The number of likely N-dealkylation sites (tertiary alicyclic amines) is 1. The van der Waals surface area contributed by atoms with E-state index in [4.69, 9.17) is 4.74 Å². The number of nitrogens with zero attached hydrogens (tertiary/aromatic N) is 4. The Hall–Kier alpha value is -1.53. The van der Waals surface area contributed by atoms with Crippen LogP contribution in [-0.2, 0) is 16.1 Å². The first-order valence-electron chi connectivity index (χ1n) is 8.06. The molecule has 1 aromatic heterocycles. The van der Waals surface area contributed by atoms with Gasteiger partial charge in [-0.1, -0.05) is 0 Å². The third-order valence-electron chi connectivity index (χ3n) is 4.62. The molecule has 3 heterocycles. The molecular weight excluding hydrogens is 280 g/mol. The molecule has 0 spiro atoms. The first kappa shape index (κ1) is 15.4. The van der Waals surface area contributed by atoms with Gasteiger partial charge in [-0.05, 0) is 32.4 Å². The van der Waals surface area contributed by atoms with E-state index in [9.17, 15) is 4.79 Å². The smallest absolute Gasteiger partial charge is 0.228 e. The fourth-order valence-corrected chi connectivity index (χ4v) is 3.26. The van der Waals surface area contributed by atoms with Crippen LogP contribution in [0.4, 0.5) is 0 Å². The molecule has 0 unspecified atom stereocenters. The summed E-state index contributed by atoms with van der Waals surface area (Å²) in [5, 5.41) is 0. The average Bonchev–Trinajstić information content (AvgIpc) is 3.06. The van der Waals surface area contributed by atoms with Crippen LogP contribution in [0.15, 0.2) is 18.5 Å². The van der Waals surface area contributed by atoms with Gasteiger partial charge in [0.25, 0.3) is 0 Å². The molecule has 0 aromatic carbocycles. The monoisotopic (exact) mass is 304 g/mol. The van der Waals surface area contributed by atoms with Gasteiger partial charge in [-0.25, -0.2) is 9.97 Å². The largest absolute Gasteiger partial charge is 0.381 e. The molecule has 2 aliphatic heterocycles. The van der Waals surface area contributed by atoms with Gasteiger partial charge in [-0.3, -0.25) is 9.69 Å². The van der Waals surface area contributed by atoms with E-state index < -0.39 is 0 Å². The van der Waals surface area contributed by atoms with Crippen LogP contribution in [0.1, 0.15) is 25.1 Å². The number of rotatable bonds is 4. The third kappa shape index (κ3) is 3.62. The van der Waals surface area contributed by atoms with Crippen LogP contribution in [0.2, 0.25) is 0 Å². The highest BCUT2D eigenvalue weighted by Crippen LogP contribution is 2.22. The highest BCUT2D eigenvalue weighted by molar-refractivity contribution is 5.79. The topological polar surface area (TPSA) is 58.6 Å². The molecule has 1 amide bonds. The molecule has 6 nitrogen and oxygen atoms in total. The summed E-state index contributed by atoms with van der Waals surface area (Å²) in [6.07, 6.45) is 6.52. The number of ether oxygens (including phenoxy) is 1. The van der Waals surface area contributed by atoms with Gasteiger partial charge in [0, 0.05) is 38.1 Å². The van der Waals surface area contributed by atoms with Crippen LogP contribution >= 0.6 is 0 Å². The maximum atomic E-state index is 12.5. The summed E-state index contributed by atoms with van der Waals surface area (Å²) in [7, 11) is 2.08. The number of aromatic nitrogens is 2. The minimum atomic E-state index is 0.0651. The molecule has 2 aliphatic rings. The summed E-state index contributed by atoms with van der Waals surface area (Å²) in [6, 6.07) is 2.21. The Morgan fingerprint density at radius 3 is 2.95 bits per heavy atom. The number of likely N-dealkylation sites (N-methyl/N-ethyl adjacent to an activating group) is 1. The summed E-state index contributed by atoms with van der Waals surface area (Å²) >= 11 is 0. The van der Waals surface area contributed by atoms with Crippen LogP contribution in [0, 0.1) is 5.92 Å². The van der Waals surface area contributed by atoms with E-state index in [0.29, 0.717) is 12.6 Å². The highest BCUT2D eigenvalue weighted by atomic mass is 16.5. The van der Waals surface area contributed by atoms with Gasteiger partial charge in [0.2, 0.25) is 5.91 Å². The molecular formula is C16H24N4O2. The van der Waals surface area contributed by atoms with E-state index >= 15 is 0 Å². The van der Waals surface area contributed by atoms with E-state index in [2.05, 4.69) is 21.9 Å². The molecule has 2 fully saturated rings. The van der Waals surface area contributed by atoms with Gasteiger partial charge in [-0.2, -0.15) is 0 Å². The molecule has 0 N–H and O–H groups in total. The number of hydrogen-bond donors (Lipinski definition) is 0. The van der Waals surface area contributed by atoms with Crippen molar-refractivity contribution in [3.8, 4) is 0 Å². The van der Waals surface area contributed by atoms with Crippen molar-refractivity contribution in [1.82, 2.24) is 19.8 Å². The normalized spacial score (nSPS) is 25.6. The Morgan fingerprint density at radius 2 is 2.23 bits per heavy atom. The number of carbonyl (C=O) groups is 1. The molecule has 0 aliphatic carbocycles. The lowest BCUT2D eigenvalue weighted by Gasteiger charge is -2.27. The maximum absolute atomic E-state index is 12.5. The molecule has 6 heteroatoms. The summed E-state index contributed by atoms with van der Waals surface area (Å²) in [5.74, 6) is 1.16. The molecule has 120 valence electrons. The number of hydrogen-bond acceptors (Lipinski definition) is 5. The fourth-order valence-electron chi connectivity index (χ4n) is 3.26. The predicted octanol–water partition coefficient (Wildman–Crippen LogP) is 0.936.